The summed E-state index contributed by atoms with van der Waals surface area (Å²) in [6, 6.07) is 3.38. The molecule has 2 aromatic rings. The molecule has 7 heteroatoms. The van der Waals surface area contributed by atoms with E-state index >= 15 is 0 Å². The van der Waals surface area contributed by atoms with E-state index in [1.165, 1.54) is 23.3 Å². The third-order valence-electron chi connectivity index (χ3n) is 3.89. The van der Waals surface area contributed by atoms with Gasteiger partial charge in [-0.1, -0.05) is 0 Å². The smallest absolute Gasteiger partial charge is 0.267 e. The highest BCUT2D eigenvalue weighted by atomic mass is 32.2. The summed E-state index contributed by atoms with van der Waals surface area (Å²) in [4.78, 5) is 5.72. The maximum absolute atomic E-state index is 12.6. The molecule has 1 N–H and O–H groups in total. The minimum Gasteiger partial charge on any atom is -0.495 e. The highest BCUT2D eigenvalue weighted by Gasteiger charge is 2.24. The predicted octanol–water partition coefficient (Wildman–Crippen LogP) is 3.06. The number of anilines is 1. The lowest BCUT2D eigenvalue weighted by molar-refractivity contribution is 0.402. The summed E-state index contributed by atoms with van der Waals surface area (Å²) < 4.78 is 33.1. The minimum atomic E-state index is -3.71. The number of hydrogen-bond donors (Lipinski definition) is 1. The van der Waals surface area contributed by atoms with Gasteiger partial charge in [0.1, 0.15) is 10.6 Å². The molecule has 0 fully saturated rings. The average Bonchev–Trinajstić information content (AvgIpc) is 3.01. The van der Waals surface area contributed by atoms with E-state index in [2.05, 4.69) is 9.71 Å². The lowest BCUT2D eigenvalue weighted by Gasteiger charge is -2.12. The van der Waals surface area contributed by atoms with Gasteiger partial charge in [-0.3, -0.25) is 4.72 Å². The van der Waals surface area contributed by atoms with E-state index in [0.717, 1.165) is 36.1 Å². The fourth-order valence-electron chi connectivity index (χ4n) is 2.54. The van der Waals surface area contributed by atoms with Crippen molar-refractivity contribution in [1.82, 2.24) is 4.98 Å². The fourth-order valence-corrected chi connectivity index (χ4v) is 5.06. The van der Waals surface area contributed by atoms with Crippen LogP contribution in [0.4, 0.5) is 5.13 Å². The second-order valence-electron chi connectivity index (χ2n) is 5.44. The molecule has 0 bridgehead atoms. The summed E-state index contributed by atoms with van der Waals surface area (Å²) in [6.45, 7) is 3.80. The topological polar surface area (TPSA) is 68.3 Å². The van der Waals surface area contributed by atoms with Crippen molar-refractivity contribution in [1.29, 1.82) is 0 Å². The number of aromatic nitrogens is 1. The second-order valence-corrected chi connectivity index (χ2v) is 8.17. The Morgan fingerprint density at radius 2 is 1.95 bits per heavy atom. The SMILES string of the molecule is COc1cc(C)c(C)cc1S(=O)(=O)Nc1nc2c(s1)CCC2. The summed E-state index contributed by atoms with van der Waals surface area (Å²) >= 11 is 1.42. The number of sulfonamides is 1. The second kappa shape index (κ2) is 5.55. The summed E-state index contributed by atoms with van der Waals surface area (Å²) in [5.74, 6) is 0.347. The Labute approximate surface area is 134 Å². The van der Waals surface area contributed by atoms with Crippen molar-refractivity contribution in [2.24, 2.45) is 0 Å². The molecular formula is C15H18N2O3S2. The standard InChI is InChI=1S/C15H18N2O3S2/c1-9-7-12(20-3)14(8-10(9)2)22(18,19)17-15-16-11-5-4-6-13(11)21-15/h7-8H,4-6H2,1-3H3,(H,16,17). The Balaban J connectivity index is 1.97. The van der Waals surface area contributed by atoms with Crippen molar-refractivity contribution in [2.75, 3.05) is 11.8 Å². The summed E-state index contributed by atoms with van der Waals surface area (Å²) in [6.07, 6.45) is 3.02. The van der Waals surface area contributed by atoms with Crippen LogP contribution in [0.2, 0.25) is 0 Å². The minimum absolute atomic E-state index is 0.147. The summed E-state index contributed by atoms with van der Waals surface area (Å²) in [5.41, 5.74) is 2.92. The number of nitrogens with zero attached hydrogens (tertiary/aromatic N) is 1. The van der Waals surface area contributed by atoms with Gasteiger partial charge in [-0.15, -0.1) is 11.3 Å². The Bertz CT molecular complexity index is 804. The number of rotatable bonds is 4. The Hall–Kier alpha value is -1.60. The highest BCUT2D eigenvalue weighted by molar-refractivity contribution is 7.93. The Morgan fingerprint density at radius 1 is 1.23 bits per heavy atom. The van der Waals surface area contributed by atoms with E-state index in [9.17, 15) is 8.42 Å². The van der Waals surface area contributed by atoms with Gasteiger partial charge in [-0.05, 0) is 56.4 Å². The molecular weight excluding hydrogens is 320 g/mol. The van der Waals surface area contributed by atoms with Gasteiger partial charge in [0, 0.05) is 4.88 Å². The largest absolute Gasteiger partial charge is 0.495 e. The third kappa shape index (κ3) is 2.70. The maximum Gasteiger partial charge on any atom is 0.267 e. The highest BCUT2D eigenvalue weighted by Crippen LogP contribution is 2.33. The van der Waals surface area contributed by atoms with Gasteiger partial charge in [0.25, 0.3) is 10.0 Å². The van der Waals surface area contributed by atoms with Gasteiger partial charge in [0.2, 0.25) is 0 Å². The van der Waals surface area contributed by atoms with Crippen LogP contribution < -0.4 is 9.46 Å². The molecule has 0 saturated carbocycles. The molecule has 5 nitrogen and oxygen atoms in total. The van der Waals surface area contributed by atoms with E-state index in [1.54, 1.807) is 12.1 Å². The maximum atomic E-state index is 12.6. The van der Waals surface area contributed by atoms with Gasteiger partial charge in [-0.2, -0.15) is 0 Å². The van der Waals surface area contributed by atoms with Crippen LogP contribution in [-0.4, -0.2) is 20.5 Å². The third-order valence-corrected chi connectivity index (χ3v) is 6.45. The number of nitrogens with one attached hydrogen (secondary N) is 1. The van der Waals surface area contributed by atoms with Gasteiger partial charge in [-0.25, -0.2) is 13.4 Å². The molecule has 0 radical (unpaired) electrons. The molecule has 1 aromatic heterocycles. The van der Waals surface area contributed by atoms with Gasteiger partial charge in [0.15, 0.2) is 5.13 Å². The fraction of sp³-hybridized carbons (Fsp3) is 0.400. The quantitative estimate of drug-likeness (QED) is 0.930. The molecule has 3 rings (SSSR count). The molecule has 1 aromatic carbocycles. The molecule has 0 spiro atoms. The Morgan fingerprint density at radius 3 is 2.64 bits per heavy atom. The van der Waals surface area contributed by atoms with Gasteiger partial charge in [0.05, 0.1) is 12.8 Å². The molecule has 118 valence electrons. The molecule has 0 aliphatic heterocycles. The first kappa shape index (κ1) is 15.3. The van der Waals surface area contributed by atoms with Crippen LogP contribution in [0, 0.1) is 13.8 Å². The lowest BCUT2D eigenvalue weighted by Crippen LogP contribution is -2.14. The summed E-state index contributed by atoms with van der Waals surface area (Å²) in [5, 5.41) is 0.435. The van der Waals surface area contributed by atoms with Crippen molar-refractivity contribution in [3.05, 3.63) is 33.8 Å². The Kier molecular flexibility index (Phi) is 3.86. The average molecular weight is 338 g/mol. The number of ether oxygens (including phenoxy) is 1. The van der Waals surface area contributed by atoms with E-state index in [0.29, 0.717) is 10.9 Å². The van der Waals surface area contributed by atoms with Crippen molar-refractivity contribution >= 4 is 26.5 Å². The number of thiazole rings is 1. The number of methoxy groups -OCH3 is 1. The van der Waals surface area contributed by atoms with Crippen LogP contribution in [0.3, 0.4) is 0 Å². The molecule has 1 aliphatic rings. The number of benzene rings is 1. The number of aryl methyl sites for hydroxylation is 4. The number of fused-ring (bicyclic) bond motifs is 1. The summed E-state index contributed by atoms with van der Waals surface area (Å²) in [7, 11) is -2.24. The van der Waals surface area contributed by atoms with Crippen LogP contribution in [0.25, 0.3) is 0 Å². The molecule has 0 unspecified atom stereocenters. The molecule has 0 atom stereocenters. The monoisotopic (exact) mass is 338 g/mol. The van der Waals surface area contributed by atoms with Crippen LogP contribution in [0.15, 0.2) is 17.0 Å². The zero-order valence-corrected chi connectivity index (χ0v) is 14.4. The molecule has 1 aliphatic carbocycles. The van der Waals surface area contributed by atoms with E-state index in [4.69, 9.17) is 4.74 Å². The van der Waals surface area contributed by atoms with Crippen LogP contribution >= 0.6 is 11.3 Å². The van der Waals surface area contributed by atoms with Crippen LogP contribution in [0.1, 0.15) is 28.1 Å². The van der Waals surface area contributed by atoms with Gasteiger partial charge < -0.3 is 4.74 Å². The van der Waals surface area contributed by atoms with Crippen molar-refractivity contribution in [2.45, 2.75) is 38.0 Å². The molecule has 0 amide bonds. The first-order valence-corrected chi connectivity index (χ1v) is 9.37. The lowest BCUT2D eigenvalue weighted by atomic mass is 10.1. The van der Waals surface area contributed by atoms with Crippen LogP contribution in [0.5, 0.6) is 5.75 Å². The first-order chi connectivity index (χ1) is 10.4. The number of hydrogen-bond acceptors (Lipinski definition) is 5. The van der Waals surface area contributed by atoms with E-state index < -0.39 is 10.0 Å². The van der Waals surface area contributed by atoms with Crippen molar-refractivity contribution < 1.29 is 13.2 Å². The molecule has 1 heterocycles. The normalized spacial score (nSPS) is 14.0. The van der Waals surface area contributed by atoms with Crippen molar-refractivity contribution in [3.63, 3.8) is 0 Å². The van der Waals surface area contributed by atoms with Crippen molar-refractivity contribution in [3.8, 4) is 5.75 Å². The van der Waals surface area contributed by atoms with Crippen LogP contribution in [-0.2, 0) is 22.9 Å². The molecule has 0 saturated heterocycles. The zero-order chi connectivity index (χ0) is 15.9. The van der Waals surface area contributed by atoms with Gasteiger partial charge >= 0.3 is 0 Å². The van der Waals surface area contributed by atoms with E-state index in [-0.39, 0.29) is 4.90 Å². The first-order valence-electron chi connectivity index (χ1n) is 7.07. The molecule has 22 heavy (non-hydrogen) atoms. The van der Waals surface area contributed by atoms with E-state index in [1.807, 2.05) is 13.8 Å². The predicted molar refractivity (Wildman–Crippen MR) is 87.4 cm³/mol. The zero-order valence-electron chi connectivity index (χ0n) is 12.8.